The van der Waals surface area contributed by atoms with Crippen LogP contribution in [0.25, 0.3) is 0 Å². The van der Waals surface area contributed by atoms with Crippen LogP contribution in [-0.4, -0.2) is 53.2 Å². The van der Waals surface area contributed by atoms with Crippen LogP contribution in [0.15, 0.2) is 30.3 Å². The smallest absolute Gasteiger partial charge is 0.242 e. The number of likely N-dealkylation sites (N-methyl/N-ethyl adjacent to an activating group) is 1. The summed E-state index contributed by atoms with van der Waals surface area (Å²) in [4.78, 5) is 28.6. The summed E-state index contributed by atoms with van der Waals surface area (Å²) in [5.74, 6) is 0.132. The van der Waals surface area contributed by atoms with Crippen molar-refractivity contribution in [3.63, 3.8) is 0 Å². The van der Waals surface area contributed by atoms with Crippen molar-refractivity contribution >= 4 is 11.7 Å². The quantitative estimate of drug-likeness (QED) is 0.789. The lowest BCUT2D eigenvalue weighted by Gasteiger charge is -2.47. The van der Waals surface area contributed by atoms with Gasteiger partial charge >= 0.3 is 0 Å². The fourth-order valence-corrected chi connectivity index (χ4v) is 2.89. The van der Waals surface area contributed by atoms with E-state index in [1.165, 1.54) is 0 Å². The van der Waals surface area contributed by atoms with E-state index in [-0.39, 0.29) is 17.7 Å². The summed E-state index contributed by atoms with van der Waals surface area (Å²) >= 11 is 0. The average molecular weight is 274 g/mol. The number of Topliss-reactive ketones (excluding diaryl/α,β-unsaturated/α-hetero) is 1. The first-order valence-electron chi connectivity index (χ1n) is 6.97. The molecular formula is C16H22N2O2. The Balaban J connectivity index is 2.23. The van der Waals surface area contributed by atoms with Crippen molar-refractivity contribution in [2.75, 3.05) is 20.1 Å². The highest BCUT2D eigenvalue weighted by Gasteiger charge is 2.44. The van der Waals surface area contributed by atoms with Gasteiger partial charge in [0.25, 0.3) is 0 Å². The highest BCUT2D eigenvalue weighted by Crippen LogP contribution is 2.25. The SMILES string of the molecule is CC(C(=O)c1ccccc1)N1CCN(C)C(=O)C1(C)C. The molecule has 1 aliphatic rings. The van der Waals surface area contributed by atoms with Crippen molar-refractivity contribution in [2.24, 2.45) is 0 Å². The van der Waals surface area contributed by atoms with Crippen molar-refractivity contribution in [3.05, 3.63) is 35.9 Å². The summed E-state index contributed by atoms with van der Waals surface area (Å²) in [7, 11) is 1.81. The summed E-state index contributed by atoms with van der Waals surface area (Å²) in [6.07, 6.45) is 0. The maximum atomic E-state index is 12.6. The van der Waals surface area contributed by atoms with Crippen LogP contribution in [0.1, 0.15) is 31.1 Å². The molecule has 1 aromatic rings. The largest absolute Gasteiger partial charge is 0.343 e. The minimum atomic E-state index is -0.642. The molecule has 0 bridgehead atoms. The Morgan fingerprint density at radius 2 is 1.80 bits per heavy atom. The normalized spacial score (nSPS) is 20.8. The Hall–Kier alpha value is -1.68. The molecule has 1 aromatic carbocycles. The lowest BCUT2D eigenvalue weighted by atomic mass is 9.93. The zero-order valence-corrected chi connectivity index (χ0v) is 12.6. The summed E-state index contributed by atoms with van der Waals surface area (Å²) in [6, 6.07) is 8.96. The number of amides is 1. The maximum absolute atomic E-state index is 12.6. The van der Waals surface area contributed by atoms with E-state index in [0.29, 0.717) is 12.1 Å². The van der Waals surface area contributed by atoms with Gasteiger partial charge in [-0.3, -0.25) is 14.5 Å². The molecule has 1 fully saturated rings. The van der Waals surface area contributed by atoms with E-state index in [9.17, 15) is 9.59 Å². The number of hydrogen-bond acceptors (Lipinski definition) is 3. The van der Waals surface area contributed by atoms with Gasteiger partial charge in [0, 0.05) is 25.7 Å². The molecule has 0 saturated carbocycles. The number of hydrogen-bond donors (Lipinski definition) is 0. The number of carbonyl (C=O) groups excluding carboxylic acids is 2. The molecule has 1 atom stereocenters. The summed E-state index contributed by atoms with van der Waals surface area (Å²) in [5.41, 5.74) is 0.0545. The van der Waals surface area contributed by atoms with Gasteiger partial charge in [0.1, 0.15) is 0 Å². The second-order valence-electron chi connectivity index (χ2n) is 5.89. The lowest BCUT2D eigenvalue weighted by molar-refractivity contribution is -0.148. The van der Waals surface area contributed by atoms with E-state index in [1.54, 1.807) is 4.90 Å². The summed E-state index contributed by atoms with van der Waals surface area (Å²) in [5, 5.41) is 0. The molecule has 0 radical (unpaired) electrons. The third-order valence-electron chi connectivity index (χ3n) is 4.17. The molecule has 1 saturated heterocycles. The monoisotopic (exact) mass is 274 g/mol. The summed E-state index contributed by atoms with van der Waals surface area (Å²) in [6.45, 7) is 7.04. The van der Waals surface area contributed by atoms with Gasteiger partial charge in [0.15, 0.2) is 5.78 Å². The lowest BCUT2D eigenvalue weighted by Crippen LogP contribution is -2.65. The molecule has 1 amide bonds. The molecule has 2 rings (SSSR count). The predicted molar refractivity (Wildman–Crippen MR) is 78.7 cm³/mol. The molecule has 108 valence electrons. The molecular weight excluding hydrogens is 252 g/mol. The van der Waals surface area contributed by atoms with E-state index in [2.05, 4.69) is 0 Å². The highest BCUT2D eigenvalue weighted by atomic mass is 16.2. The third kappa shape index (κ3) is 2.48. The Morgan fingerprint density at radius 1 is 1.20 bits per heavy atom. The van der Waals surface area contributed by atoms with Crippen LogP contribution in [0.4, 0.5) is 0 Å². The van der Waals surface area contributed by atoms with Crippen LogP contribution in [0, 0.1) is 0 Å². The predicted octanol–water partition coefficient (Wildman–Crippen LogP) is 1.81. The molecule has 4 nitrogen and oxygen atoms in total. The van der Waals surface area contributed by atoms with Crippen molar-refractivity contribution in [1.29, 1.82) is 0 Å². The number of piperazine rings is 1. The zero-order valence-electron chi connectivity index (χ0n) is 12.6. The molecule has 0 spiro atoms. The number of ketones is 1. The number of benzene rings is 1. The van der Waals surface area contributed by atoms with Gasteiger partial charge in [-0.15, -0.1) is 0 Å². The second kappa shape index (κ2) is 5.37. The number of carbonyl (C=O) groups is 2. The van der Waals surface area contributed by atoms with Gasteiger partial charge in [-0.25, -0.2) is 0 Å². The van der Waals surface area contributed by atoms with Crippen LogP contribution in [0.5, 0.6) is 0 Å². The Bertz CT molecular complexity index is 510. The molecule has 0 aliphatic carbocycles. The van der Waals surface area contributed by atoms with Gasteiger partial charge in [-0.05, 0) is 20.8 Å². The van der Waals surface area contributed by atoms with Gasteiger partial charge < -0.3 is 4.90 Å². The van der Waals surface area contributed by atoms with Gasteiger partial charge in [-0.2, -0.15) is 0 Å². The van der Waals surface area contributed by atoms with Crippen molar-refractivity contribution in [2.45, 2.75) is 32.4 Å². The van der Waals surface area contributed by atoms with Gasteiger partial charge in [0.2, 0.25) is 5.91 Å². The zero-order chi connectivity index (χ0) is 14.9. The molecule has 0 N–H and O–H groups in total. The van der Waals surface area contributed by atoms with Crippen LogP contribution < -0.4 is 0 Å². The second-order valence-corrected chi connectivity index (χ2v) is 5.89. The fourth-order valence-electron chi connectivity index (χ4n) is 2.89. The first-order valence-corrected chi connectivity index (χ1v) is 6.97. The Morgan fingerprint density at radius 3 is 2.40 bits per heavy atom. The fraction of sp³-hybridized carbons (Fsp3) is 0.500. The molecule has 4 heteroatoms. The van der Waals surface area contributed by atoms with E-state index < -0.39 is 5.54 Å². The summed E-state index contributed by atoms with van der Waals surface area (Å²) < 4.78 is 0. The van der Waals surface area contributed by atoms with Crippen LogP contribution in [-0.2, 0) is 4.79 Å². The third-order valence-corrected chi connectivity index (χ3v) is 4.17. The van der Waals surface area contributed by atoms with Gasteiger partial charge in [-0.1, -0.05) is 30.3 Å². The first kappa shape index (κ1) is 14.7. The Kier molecular flexibility index (Phi) is 3.95. The topological polar surface area (TPSA) is 40.6 Å². The van der Waals surface area contributed by atoms with Crippen molar-refractivity contribution in [1.82, 2.24) is 9.80 Å². The number of rotatable bonds is 3. The molecule has 1 aliphatic heterocycles. The van der Waals surface area contributed by atoms with Gasteiger partial charge in [0.05, 0.1) is 11.6 Å². The van der Waals surface area contributed by atoms with E-state index >= 15 is 0 Å². The minimum absolute atomic E-state index is 0.0658. The van der Waals surface area contributed by atoms with E-state index in [0.717, 1.165) is 6.54 Å². The molecule has 20 heavy (non-hydrogen) atoms. The van der Waals surface area contributed by atoms with Crippen molar-refractivity contribution in [3.8, 4) is 0 Å². The number of nitrogens with zero attached hydrogens (tertiary/aromatic N) is 2. The van der Waals surface area contributed by atoms with E-state index in [1.807, 2.05) is 63.1 Å². The molecule has 1 unspecified atom stereocenters. The van der Waals surface area contributed by atoms with Crippen LogP contribution in [0.3, 0.4) is 0 Å². The standard InChI is InChI=1S/C16H22N2O2/c1-12(14(19)13-8-6-5-7-9-13)18-11-10-17(4)15(20)16(18,2)3/h5-9,12H,10-11H2,1-4H3. The van der Waals surface area contributed by atoms with Crippen LogP contribution >= 0.6 is 0 Å². The van der Waals surface area contributed by atoms with Crippen molar-refractivity contribution < 1.29 is 9.59 Å². The average Bonchev–Trinajstić information content (AvgIpc) is 2.44. The Labute approximate surface area is 120 Å². The first-order chi connectivity index (χ1) is 9.35. The molecule has 1 heterocycles. The highest BCUT2D eigenvalue weighted by molar-refractivity contribution is 6.00. The van der Waals surface area contributed by atoms with E-state index in [4.69, 9.17) is 0 Å². The minimum Gasteiger partial charge on any atom is -0.343 e. The van der Waals surface area contributed by atoms with Crippen LogP contribution in [0.2, 0.25) is 0 Å². The molecule has 0 aromatic heterocycles. The maximum Gasteiger partial charge on any atom is 0.242 e.